The minimum absolute atomic E-state index is 0.292. The number of rotatable bonds is 8. The van der Waals surface area contributed by atoms with Crippen LogP contribution >= 0.6 is 0 Å². The molecule has 0 saturated heterocycles. The fourth-order valence-electron chi connectivity index (χ4n) is 2.97. The summed E-state index contributed by atoms with van der Waals surface area (Å²) in [6.07, 6.45) is 0.613. The number of amides is 3. The Bertz CT molecular complexity index is 849. The highest BCUT2D eigenvalue weighted by Gasteiger charge is 2.25. The third kappa shape index (κ3) is 6.23. The maximum atomic E-state index is 12.8. The van der Waals surface area contributed by atoms with Crippen LogP contribution in [0.4, 0.5) is 0 Å². The highest BCUT2D eigenvalue weighted by atomic mass is 16.2. The van der Waals surface area contributed by atoms with Crippen LogP contribution < -0.4 is 16.4 Å². The summed E-state index contributed by atoms with van der Waals surface area (Å²) in [6, 6.07) is 13.6. The molecular formula is C22H27N3O3. The van der Waals surface area contributed by atoms with Crippen molar-refractivity contribution in [3.63, 3.8) is 0 Å². The zero-order valence-electron chi connectivity index (χ0n) is 16.5. The predicted octanol–water partition coefficient (Wildman–Crippen LogP) is 1.56. The molecule has 0 radical (unpaired) electrons. The molecule has 0 aliphatic heterocycles. The van der Waals surface area contributed by atoms with Gasteiger partial charge in [-0.2, -0.15) is 0 Å². The Morgan fingerprint density at radius 2 is 1.50 bits per heavy atom. The van der Waals surface area contributed by atoms with Crippen molar-refractivity contribution in [1.29, 1.82) is 0 Å². The number of nitrogens with one attached hydrogen (secondary N) is 2. The Kier molecular flexibility index (Phi) is 7.32. The second kappa shape index (κ2) is 9.69. The van der Waals surface area contributed by atoms with Crippen molar-refractivity contribution in [2.75, 3.05) is 0 Å². The van der Waals surface area contributed by atoms with Gasteiger partial charge in [0.05, 0.1) is 0 Å². The zero-order valence-corrected chi connectivity index (χ0v) is 16.5. The van der Waals surface area contributed by atoms with E-state index in [9.17, 15) is 14.4 Å². The van der Waals surface area contributed by atoms with Crippen molar-refractivity contribution < 1.29 is 14.4 Å². The number of aryl methyl sites for hydroxylation is 2. The van der Waals surface area contributed by atoms with Gasteiger partial charge >= 0.3 is 0 Å². The van der Waals surface area contributed by atoms with E-state index in [0.717, 1.165) is 22.3 Å². The van der Waals surface area contributed by atoms with Gasteiger partial charge < -0.3 is 16.4 Å². The number of hydrogen-bond donors (Lipinski definition) is 3. The first-order valence-corrected chi connectivity index (χ1v) is 9.23. The fourth-order valence-corrected chi connectivity index (χ4v) is 2.97. The fraction of sp³-hybridized carbons (Fsp3) is 0.318. The molecule has 0 fully saturated rings. The maximum Gasteiger partial charge on any atom is 0.243 e. The third-order valence-corrected chi connectivity index (χ3v) is 4.65. The number of carbonyl (C=O) groups is 3. The van der Waals surface area contributed by atoms with Gasteiger partial charge in [-0.3, -0.25) is 14.4 Å². The summed E-state index contributed by atoms with van der Waals surface area (Å²) in [5, 5.41) is 5.35. The van der Waals surface area contributed by atoms with Crippen molar-refractivity contribution in [1.82, 2.24) is 10.6 Å². The summed E-state index contributed by atoms with van der Waals surface area (Å²) in [5.41, 5.74) is 9.58. The van der Waals surface area contributed by atoms with E-state index in [2.05, 4.69) is 10.6 Å². The maximum absolute atomic E-state index is 12.8. The van der Waals surface area contributed by atoms with Crippen LogP contribution in [0.3, 0.4) is 0 Å². The molecule has 2 atom stereocenters. The standard InChI is InChI=1S/C22H27N3O3/c1-14-9-10-18(11-15(14)2)13-19(21(23)27)25-22(28)20(24-16(3)26)12-17-7-5-4-6-8-17/h4-11,19-20H,12-13H2,1-3H3,(H2,23,27)(H,24,26)(H,25,28)/t19-,20+/m1/s1. The van der Waals surface area contributed by atoms with Crippen molar-refractivity contribution in [2.45, 2.75) is 45.7 Å². The Balaban J connectivity index is 2.13. The van der Waals surface area contributed by atoms with E-state index in [1.165, 1.54) is 6.92 Å². The number of primary amides is 1. The van der Waals surface area contributed by atoms with Gasteiger partial charge in [0, 0.05) is 19.8 Å². The van der Waals surface area contributed by atoms with Gasteiger partial charge in [-0.15, -0.1) is 0 Å². The van der Waals surface area contributed by atoms with Gasteiger partial charge in [0.1, 0.15) is 12.1 Å². The van der Waals surface area contributed by atoms with Gasteiger partial charge in [-0.25, -0.2) is 0 Å². The second-order valence-corrected chi connectivity index (χ2v) is 7.03. The smallest absolute Gasteiger partial charge is 0.243 e. The molecule has 2 aromatic rings. The minimum Gasteiger partial charge on any atom is -0.368 e. The average Bonchev–Trinajstić information content (AvgIpc) is 2.64. The van der Waals surface area contributed by atoms with Crippen LogP contribution in [0.2, 0.25) is 0 Å². The van der Waals surface area contributed by atoms with Gasteiger partial charge in [0.2, 0.25) is 17.7 Å². The van der Waals surface area contributed by atoms with Gasteiger partial charge in [0.15, 0.2) is 0 Å². The molecule has 0 bridgehead atoms. The first-order chi connectivity index (χ1) is 13.3. The van der Waals surface area contributed by atoms with Gasteiger partial charge in [-0.05, 0) is 36.1 Å². The molecule has 2 aromatic carbocycles. The lowest BCUT2D eigenvalue weighted by Gasteiger charge is -2.22. The molecule has 2 rings (SSSR count). The molecule has 6 heteroatoms. The van der Waals surface area contributed by atoms with E-state index >= 15 is 0 Å². The lowest BCUT2D eigenvalue weighted by atomic mass is 9.99. The average molecular weight is 381 g/mol. The summed E-state index contributed by atoms with van der Waals surface area (Å²) in [4.78, 5) is 36.2. The SMILES string of the molecule is CC(=O)N[C@@H](Cc1ccccc1)C(=O)N[C@H](Cc1ccc(C)c(C)c1)C(N)=O. The molecule has 0 aromatic heterocycles. The van der Waals surface area contributed by atoms with E-state index in [-0.39, 0.29) is 5.91 Å². The van der Waals surface area contributed by atoms with Crippen LogP contribution in [0.5, 0.6) is 0 Å². The quantitative estimate of drug-likeness (QED) is 0.647. The van der Waals surface area contributed by atoms with E-state index in [0.29, 0.717) is 12.8 Å². The Hall–Kier alpha value is -3.15. The number of nitrogens with two attached hydrogens (primary N) is 1. The van der Waals surface area contributed by atoms with Crippen molar-refractivity contribution >= 4 is 17.7 Å². The molecule has 6 nitrogen and oxygen atoms in total. The minimum atomic E-state index is -0.860. The Labute approximate surface area is 165 Å². The van der Waals surface area contributed by atoms with Crippen LogP contribution in [-0.2, 0) is 27.2 Å². The largest absolute Gasteiger partial charge is 0.368 e. The first-order valence-electron chi connectivity index (χ1n) is 9.23. The summed E-state index contributed by atoms with van der Waals surface area (Å²) in [6.45, 7) is 5.35. The summed E-state index contributed by atoms with van der Waals surface area (Å²) >= 11 is 0. The molecule has 0 unspecified atom stereocenters. The summed E-state index contributed by atoms with van der Waals surface area (Å²) in [7, 11) is 0. The lowest BCUT2D eigenvalue weighted by Crippen LogP contribution is -2.54. The number of hydrogen-bond acceptors (Lipinski definition) is 3. The molecule has 0 saturated carbocycles. The first kappa shape index (κ1) is 21.2. The molecule has 3 amide bonds. The number of benzene rings is 2. The van der Waals surface area contributed by atoms with Crippen LogP contribution in [-0.4, -0.2) is 29.8 Å². The van der Waals surface area contributed by atoms with Crippen LogP contribution in [0.1, 0.15) is 29.2 Å². The highest BCUT2D eigenvalue weighted by Crippen LogP contribution is 2.12. The molecule has 0 aliphatic rings. The van der Waals surface area contributed by atoms with Crippen molar-refractivity contribution in [2.24, 2.45) is 5.73 Å². The van der Waals surface area contributed by atoms with E-state index < -0.39 is 23.9 Å². The topological polar surface area (TPSA) is 101 Å². The highest BCUT2D eigenvalue weighted by molar-refractivity contribution is 5.91. The van der Waals surface area contributed by atoms with Gasteiger partial charge in [0.25, 0.3) is 0 Å². The predicted molar refractivity (Wildman–Crippen MR) is 108 cm³/mol. The molecule has 28 heavy (non-hydrogen) atoms. The van der Waals surface area contributed by atoms with Crippen LogP contribution in [0.15, 0.2) is 48.5 Å². The molecular weight excluding hydrogens is 354 g/mol. The number of carbonyl (C=O) groups excluding carboxylic acids is 3. The van der Waals surface area contributed by atoms with Crippen molar-refractivity contribution in [3.8, 4) is 0 Å². The normalized spacial score (nSPS) is 12.7. The molecule has 148 valence electrons. The second-order valence-electron chi connectivity index (χ2n) is 7.03. The van der Waals surface area contributed by atoms with E-state index in [4.69, 9.17) is 5.73 Å². The van der Waals surface area contributed by atoms with Crippen molar-refractivity contribution in [3.05, 3.63) is 70.8 Å². The molecule has 0 heterocycles. The Morgan fingerprint density at radius 1 is 0.857 bits per heavy atom. The summed E-state index contributed by atoms with van der Waals surface area (Å²) < 4.78 is 0. The van der Waals surface area contributed by atoms with Crippen LogP contribution in [0.25, 0.3) is 0 Å². The van der Waals surface area contributed by atoms with Crippen LogP contribution in [0, 0.1) is 13.8 Å². The molecule has 0 aliphatic carbocycles. The van der Waals surface area contributed by atoms with Gasteiger partial charge in [-0.1, -0.05) is 48.5 Å². The summed E-state index contributed by atoms with van der Waals surface area (Å²) in [5.74, 6) is -1.37. The lowest BCUT2D eigenvalue weighted by molar-refractivity contribution is -0.130. The molecule has 4 N–H and O–H groups in total. The van der Waals surface area contributed by atoms with E-state index in [1.54, 1.807) is 0 Å². The zero-order chi connectivity index (χ0) is 20.7. The third-order valence-electron chi connectivity index (χ3n) is 4.65. The monoisotopic (exact) mass is 381 g/mol. The molecule has 0 spiro atoms. The Morgan fingerprint density at radius 3 is 2.07 bits per heavy atom. The van der Waals surface area contributed by atoms with E-state index in [1.807, 2.05) is 62.4 Å².